The minimum absolute atomic E-state index is 0.298. The third kappa shape index (κ3) is 3.51. The molecule has 7 heteroatoms. The number of carbonyl (C=O) groups is 1. The third-order valence-electron chi connectivity index (χ3n) is 3.16. The topological polar surface area (TPSA) is 64.0 Å². The predicted octanol–water partition coefficient (Wildman–Crippen LogP) is 2.36. The van der Waals surface area contributed by atoms with Crippen molar-refractivity contribution in [2.45, 2.75) is 6.54 Å². The summed E-state index contributed by atoms with van der Waals surface area (Å²) in [7, 11) is 0. The van der Waals surface area contributed by atoms with Gasteiger partial charge in [0.25, 0.3) is 11.5 Å². The number of hydrogen-bond donors (Lipinski definition) is 1. The van der Waals surface area contributed by atoms with Crippen molar-refractivity contribution in [2.24, 2.45) is 0 Å². The summed E-state index contributed by atoms with van der Waals surface area (Å²) in [4.78, 5) is 28.2. The molecule has 0 fully saturated rings. The van der Waals surface area contributed by atoms with Gasteiger partial charge in [-0.1, -0.05) is 0 Å². The molecule has 5 nitrogen and oxygen atoms in total. The first-order chi connectivity index (χ1) is 11.1. The van der Waals surface area contributed by atoms with Crippen molar-refractivity contribution in [1.29, 1.82) is 0 Å². The van der Waals surface area contributed by atoms with Crippen molar-refractivity contribution in [1.82, 2.24) is 14.9 Å². The van der Waals surface area contributed by atoms with Gasteiger partial charge in [-0.3, -0.25) is 14.2 Å². The minimum atomic E-state index is -0.390. The Balaban J connectivity index is 1.83. The number of thiazole rings is 1. The fourth-order valence-corrected chi connectivity index (χ4v) is 2.58. The highest BCUT2D eigenvalue weighted by molar-refractivity contribution is 7.09. The SMILES string of the molecule is O=C(NCc1nccs1)c1ccc(=O)n(-c2ccc(F)cc2)c1. The number of nitrogens with one attached hydrogen (secondary N) is 1. The van der Waals surface area contributed by atoms with Gasteiger partial charge in [-0.25, -0.2) is 9.37 Å². The molecule has 0 radical (unpaired) electrons. The molecular weight excluding hydrogens is 317 g/mol. The number of rotatable bonds is 4. The van der Waals surface area contributed by atoms with E-state index in [1.807, 2.05) is 5.38 Å². The summed E-state index contributed by atoms with van der Waals surface area (Å²) in [6, 6.07) is 8.25. The highest BCUT2D eigenvalue weighted by Gasteiger charge is 2.09. The van der Waals surface area contributed by atoms with E-state index in [1.165, 1.54) is 58.5 Å². The number of pyridine rings is 1. The number of nitrogens with zero attached hydrogens (tertiary/aromatic N) is 2. The van der Waals surface area contributed by atoms with E-state index in [9.17, 15) is 14.0 Å². The minimum Gasteiger partial charge on any atom is -0.345 e. The molecular formula is C16H12FN3O2S. The van der Waals surface area contributed by atoms with Crippen molar-refractivity contribution >= 4 is 17.2 Å². The summed E-state index contributed by atoms with van der Waals surface area (Å²) < 4.78 is 14.3. The van der Waals surface area contributed by atoms with Gasteiger partial charge in [0.2, 0.25) is 0 Å². The maximum atomic E-state index is 13.0. The van der Waals surface area contributed by atoms with E-state index in [0.29, 0.717) is 17.8 Å². The van der Waals surface area contributed by atoms with Gasteiger partial charge < -0.3 is 5.32 Å². The number of aromatic nitrogens is 2. The molecule has 1 aromatic carbocycles. The van der Waals surface area contributed by atoms with E-state index in [2.05, 4.69) is 10.3 Å². The normalized spacial score (nSPS) is 10.5. The molecule has 0 aliphatic heterocycles. The Hall–Kier alpha value is -2.80. The summed E-state index contributed by atoms with van der Waals surface area (Å²) in [5.41, 5.74) is 0.532. The van der Waals surface area contributed by atoms with Crippen LogP contribution in [0.3, 0.4) is 0 Å². The predicted molar refractivity (Wildman–Crippen MR) is 85.3 cm³/mol. The molecule has 3 aromatic rings. The first-order valence-corrected chi connectivity index (χ1v) is 7.67. The van der Waals surface area contributed by atoms with E-state index >= 15 is 0 Å². The summed E-state index contributed by atoms with van der Waals surface area (Å²) in [6.45, 7) is 0.326. The largest absolute Gasteiger partial charge is 0.345 e. The molecule has 0 bridgehead atoms. The zero-order valence-corrected chi connectivity index (χ0v) is 12.7. The Kier molecular flexibility index (Phi) is 4.29. The van der Waals surface area contributed by atoms with Crippen molar-refractivity contribution in [3.05, 3.63) is 80.9 Å². The van der Waals surface area contributed by atoms with Gasteiger partial charge in [-0.15, -0.1) is 11.3 Å². The fourth-order valence-electron chi connectivity index (χ4n) is 2.02. The van der Waals surface area contributed by atoms with Crippen LogP contribution >= 0.6 is 11.3 Å². The van der Waals surface area contributed by atoms with E-state index < -0.39 is 0 Å². The van der Waals surface area contributed by atoms with Crippen LogP contribution in [0.4, 0.5) is 4.39 Å². The van der Waals surface area contributed by atoms with Crippen LogP contribution in [-0.4, -0.2) is 15.5 Å². The lowest BCUT2D eigenvalue weighted by molar-refractivity contribution is 0.0950. The molecule has 0 unspecified atom stereocenters. The average Bonchev–Trinajstić information content (AvgIpc) is 3.07. The Morgan fingerprint density at radius 1 is 1.22 bits per heavy atom. The van der Waals surface area contributed by atoms with Crippen molar-refractivity contribution in [3.8, 4) is 5.69 Å². The molecule has 0 saturated heterocycles. The van der Waals surface area contributed by atoms with Gasteiger partial charge in [0, 0.05) is 29.5 Å². The molecule has 116 valence electrons. The first-order valence-electron chi connectivity index (χ1n) is 6.79. The van der Waals surface area contributed by atoms with Gasteiger partial charge in [-0.05, 0) is 30.3 Å². The van der Waals surface area contributed by atoms with E-state index in [1.54, 1.807) is 6.20 Å². The molecule has 0 spiro atoms. The molecule has 23 heavy (non-hydrogen) atoms. The van der Waals surface area contributed by atoms with Crippen LogP contribution in [0.25, 0.3) is 5.69 Å². The van der Waals surface area contributed by atoms with Crippen molar-refractivity contribution in [2.75, 3.05) is 0 Å². The maximum Gasteiger partial charge on any atom is 0.255 e. The molecule has 0 saturated carbocycles. The first kappa shape index (κ1) is 15.1. The number of benzene rings is 1. The van der Waals surface area contributed by atoms with Gasteiger partial charge in [0.1, 0.15) is 10.8 Å². The molecule has 1 amide bonds. The van der Waals surface area contributed by atoms with Gasteiger partial charge in [0.15, 0.2) is 0 Å². The van der Waals surface area contributed by atoms with E-state index in [0.717, 1.165) is 5.01 Å². The van der Waals surface area contributed by atoms with Crippen LogP contribution in [0.2, 0.25) is 0 Å². The quantitative estimate of drug-likeness (QED) is 0.799. The Morgan fingerprint density at radius 2 is 2.00 bits per heavy atom. The Bertz CT molecular complexity index is 873. The van der Waals surface area contributed by atoms with Gasteiger partial charge >= 0.3 is 0 Å². The Labute approximate surface area is 135 Å². The standard InChI is InChI=1S/C16H12FN3O2S/c17-12-2-4-13(5-3-12)20-10-11(1-6-15(20)21)16(22)19-9-14-18-7-8-23-14/h1-8,10H,9H2,(H,19,22). The van der Waals surface area contributed by atoms with Crippen LogP contribution in [0.15, 0.2) is 59.0 Å². The molecule has 1 N–H and O–H groups in total. The van der Waals surface area contributed by atoms with Gasteiger partial charge in [-0.2, -0.15) is 0 Å². The zero-order valence-electron chi connectivity index (χ0n) is 11.9. The van der Waals surface area contributed by atoms with E-state index in [-0.39, 0.29) is 17.3 Å². The monoisotopic (exact) mass is 329 g/mol. The molecule has 0 aliphatic rings. The van der Waals surface area contributed by atoms with Crippen LogP contribution in [0, 0.1) is 5.82 Å². The second-order valence-electron chi connectivity index (χ2n) is 4.71. The summed E-state index contributed by atoms with van der Waals surface area (Å²) in [6.07, 6.45) is 3.10. The molecule has 0 aliphatic carbocycles. The smallest absolute Gasteiger partial charge is 0.255 e. The highest BCUT2D eigenvalue weighted by Crippen LogP contribution is 2.09. The Morgan fingerprint density at radius 3 is 2.70 bits per heavy atom. The number of hydrogen-bond acceptors (Lipinski definition) is 4. The number of amides is 1. The van der Waals surface area contributed by atoms with E-state index in [4.69, 9.17) is 0 Å². The maximum absolute atomic E-state index is 13.0. The second kappa shape index (κ2) is 6.53. The lowest BCUT2D eigenvalue weighted by Gasteiger charge is -2.08. The zero-order chi connectivity index (χ0) is 16.2. The van der Waals surface area contributed by atoms with Gasteiger partial charge in [0.05, 0.1) is 12.1 Å². The lowest BCUT2D eigenvalue weighted by Crippen LogP contribution is -2.25. The highest BCUT2D eigenvalue weighted by atomic mass is 32.1. The fraction of sp³-hybridized carbons (Fsp3) is 0.0625. The molecule has 2 aromatic heterocycles. The second-order valence-corrected chi connectivity index (χ2v) is 5.69. The molecule has 0 atom stereocenters. The lowest BCUT2D eigenvalue weighted by atomic mass is 10.2. The van der Waals surface area contributed by atoms with Crippen LogP contribution in [0.5, 0.6) is 0 Å². The molecule has 2 heterocycles. The summed E-state index contributed by atoms with van der Waals surface area (Å²) >= 11 is 1.45. The average molecular weight is 329 g/mol. The van der Waals surface area contributed by atoms with Crippen molar-refractivity contribution < 1.29 is 9.18 Å². The van der Waals surface area contributed by atoms with Crippen LogP contribution in [-0.2, 0) is 6.54 Å². The summed E-state index contributed by atoms with van der Waals surface area (Å²) in [5, 5.41) is 5.37. The number of carbonyl (C=O) groups excluding carboxylic acids is 1. The van der Waals surface area contributed by atoms with Crippen LogP contribution in [0.1, 0.15) is 15.4 Å². The summed E-state index contributed by atoms with van der Waals surface area (Å²) in [5.74, 6) is -0.699. The van der Waals surface area contributed by atoms with Crippen LogP contribution < -0.4 is 10.9 Å². The van der Waals surface area contributed by atoms with Crippen molar-refractivity contribution in [3.63, 3.8) is 0 Å². The third-order valence-corrected chi connectivity index (χ3v) is 3.94. The molecule has 3 rings (SSSR count). The number of halogens is 1.